The predicted octanol–water partition coefficient (Wildman–Crippen LogP) is 1.15. The number of hydrogen-bond acceptors (Lipinski definition) is 5. The van der Waals surface area contributed by atoms with Crippen LogP contribution in [0.3, 0.4) is 0 Å². The molecule has 0 bridgehead atoms. The number of nitrogens with zero attached hydrogens (tertiary/aromatic N) is 1. The van der Waals surface area contributed by atoms with Crippen LogP contribution in [0.5, 0.6) is 0 Å². The number of rotatable bonds is 5. The molecule has 0 atom stereocenters. The van der Waals surface area contributed by atoms with Gasteiger partial charge in [0.1, 0.15) is 5.82 Å². The largest absolute Gasteiger partial charge is 0.465 e. The predicted molar refractivity (Wildman–Crippen MR) is 66.0 cm³/mol. The number of anilines is 1. The maximum Gasteiger partial charge on any atom is 0.323 e. The first kappa shape index (κ1) is 13.9. The van der Waals surface area contributed by atoms with E-state index in [1.165, 1.54) is 12.3 Å². The van der Waals surface area contributed by atoms with Gasteiger partial charge in [-0.05, 0) is 19.1 Å². The van der Waals surface area contributed by atoms with Crippen LogP contribution in [-0.2, 0) is 19.6 Å². The zero-order valence-corrected chi connectivity index (χ0v) is 11.4. The van der Waals surface area contributed by atoms with Crippen LogP contribution >= 0.6 is 15.9 Å². The van der Waals surface area contributed by atoms with Crippen molar-refractivity contribution in [3.05, 3.63) is 22.8 Å². The van der Waals surface area contributed by atoms with E-state index >= 15 is 0 Å². The van der Waals surface area contributed by atoms with Crippen LogP contribution < -0.4 is 4.72 Å². The van der Waals surface area contributed by atoms with Crippen molar-refractivity contribution < 1.29 is 17.9 Å². The van der Waals surface area contributed by atoms with Gasteiger partial charge in [-0.25, -0.2) is 13.4 Å². The van der Waals surface area contributed by atoms with Crippen molar-refractivity contribution in [1.29, 1.82) is 0 Å². The molecule has 94 valence electrons. The summed E-state index contributed by atoms with van der Waals surface area (Å²) in [6.07, 6.45) is 1.44. The van der Waals surface area contributed by atoms with Crippen LogP contribution in [-0.4, -0.2) is 31.7 Å². The highest BCUT2D eigenvalue weighted by atomic mass is 79.9. The fourth-order valence-electron chi connectivity index (χ4n) is 1.01. The number of halogens is 1. The number of esters is 1. The Kier molecular flexibility index (Phi) is 4.88. The summed E-state index contributed by atoms with van der Waals surface area (Å²) < 4.78 is 30.5. The van der Waals surface area contributed by atoms with E-state index in [2.05, 4.69) is 30.4 Å². The second-order valence-electron chi connectivity index (χ2n) is 3.03. The molecule has 0 aromatic carbocycles. The van der Waals surface area contributed by atoms with E-state index in [1.807, 2.05) is 0 Å². The zero-order chi connectivity index (χ0) is 12.9. The normalized spacial score (nSPS) is 10.9. The maximum atomic E-state index is 11.5. The van der Waals surface area contributed by atoms with Crippen molar-refractivity contribution in [2.75, 3.05) is 17.1 Å². The Labute approximate surface area is 108 Å². The van der Waals surface area contributed by atoms with Gasteiger partial charge in [-0.3, -0.25) is 9.52 Å². The van der Waals surface area contributed by atoms with Gasteiger partial charge in [-0.15, -0.1) is 0 Å². The smallest absolute Gasteiger partial charge is 0.323 e. The average molecular weight is 323 g/mol. The van der Waals surface area contributed by atoms with Gasteiger partial charge in [-0.1, -0.05) is 15.9 Å². The number of hydrogen-bond donors (Lipinski definition) is 1. The van der Waals surface area contributed by atoms with Crippen molar-refractivity contribution >= 4 is 37.7 Å². The van der Waals surface area contributed by atoms with E-state index in [1.54, 1.807) is 13.0 Å². The number of nitrogens with one attached hydrogen (secondary N) is 1. The molecule has 1 aromatic heterocycles. The maximum absolute atomic E-state index is 11.5. The summed E-state index contributed by atoms with van der Waals surface area (Å²) in [6.45, 7) is 1.75. The van der Waals surface area contributed by atoms with Crippen molar-refractivity contribution in [2.24, 2.45) is 0 Å². The molecule has 0 radical (unpaired) electrons. The fraction of sp³-hybridized carbons (Fsp3) is 0.333. The SMILES string of the molecule is CCOC(=O)CS(=O)(=O)Nc1cc(Br)ccn1. The first-order chi connectivity index (χ1) is 7.93. The van der Waals surface area contributed by atoms with Crippen molar-refractivity contribution in [2.45, 2.75) is 6.92 Å². The molecular formula is C9H11BrN2O4S. The summed E-state index contributed by atoms with van der Waals surface area (Å²) in [4.78, 5) is 14.9. The molecule has 0 unspecified atom stereocenters. The van der Waals surface area contributed by atoms with Gasteiger partial charge in [0.2, 0.25) is 10.0 Å². The fourth-order valence-corrected chi connectivity index (χ4v) is 2.24. The Hall–Kier alpha value is -1.15. The molecule has 0 aliphatic carbocycles. The van der Waals surface area contributed by atoms with E-state index in [0.717, 1.165) is 0 Å². The number of ether oxygens (including phenoxy) is 1. The lowest BCUT2D eigenvalue weighted by molar-refractivity contribution is -0.139. The molecule has 0 aliphatic rings. The molecule has 0 saturated carbocycles. The van der Waals surface area contributed by atoms with Crippen molar-refractivity contribution in [1.82, 2.24) is 4.98 Å². The standard InChI is InChI=1S/C9H11BrN2O4S/c1-2-16-9(13)6-17(14,15)12-8-5-7(10)3-4-11-8/h3-5H,2,6H2,1H3,(H,11,12). The van der Waals surface area contributed by atoms with Crippen LogP contribution in [0, 0.1) is 0 Å². The molecule has 0 spiro atoms. The Morgan fingerprint density at radius 3 is 2.88 bits per heavy atom. The number of aromatic nitrogens is 1. The lowest BCUT2D eigenvalue weighted by Crippen LogP contribution is -2.24. The molecule has 0 amide bonds. The van der Waals surface area contributed by atoms with Gasteiger partial charge >= 0.3 is 5.97 Å². The first-order valence-electron chi connectivity index (χ1n) is 4.70. The van der Waals surface area contributed by atoms with Crippen LogP contribution in [0.2, 0.25) is 0 Å². The number of pyridine rings is 1. The van der Waals surface area contributed by atoms with Gasteiger partial charge < -0.3 is 4.74 Å². The molecule has 1 N–H and O–H groups in total. The highest BCUT2D eigenvalue weighted by Gasteiger charge is 2.17. The third kappa shape index (κ3) is 5.14. The summed E-state index contributed by atoms with van der Waals surface area (Å²) in [5.74, 6) is -1.38. The molecular weight excluding hydrogens is 312 g/mol. The van der Waals surface area contributed by atoms with Crippen LogP contribution in [0.15, 0.2) is 22.8 Å². The topological polar surface area (TPSA) is 85.4 Å². The van der Waals surface area contributed by atoms with Crippen LogP contribution in [0.1, 0.15) is 6.92 Å². The second-order valence-corrected chi connectivity index (χ2v) is 5.66. The summed E-state index contributed by atoms with van der Waals surface area (Å²) in [7, 11) is -3.78. The van der Waals surface area contributed by atoms with Gasteiger partial charge in [0, 0.05) is 10.7 Å². The molecule has 1 aromatic rings. The quantitative estimate of drug-likeness (QED) is 0.822. The Bertz CT molecular complexity index is 503. The molecule has 0 fully saturated rings. The summed E-state index contributed by atoms with van der Waals surface area (Å²) >= 11 is 3.18. The van der Waals surface area contributed by atoms with E-state index in [0.29, 0.717) is 4.47 Å². The Balaban J connectivity index is 2.70. The monoisotopic (exact) mass is 322 g/mol. The van der Waals surface area contributed by atoms with E-state index in [9.17, 15) is 13.2 Å². The number of sulfonamides is 1. The Morgan fingerprint density at radius 2 is 2.29 bits per heavy atom. The van der Waals surface area contributed by atoms with Crippen molar-refractivity contribution in [3.8, 4) is 0 Å². The third-order valence-corrected chi connectivity index (χ3v) is 3.22. The van der Waals surface area contributed by atoms with E-state index in [4.69, 9.17) is 0 Å². The zero-order valence-electron chi connectivity index (χ0n) is 9.01. The lowest BCUT2D eigenvalue weighted by atomic mass is 10.5. The number of carbonyl (C=O) groups excluding carboxylic acids is 1. The molecule has 1 heterocycles. The first-order valence-corrected chi connectivity index (χ1v) is 7.15. The van der Waals surface area contributed by atoms with Crippen LogP contribution in [0.4, 0.5) is 5.82 Å². The van der Waals surface area contributed by atoms with E-state index in [-0.39, 0.29) is 12.4 Å². The van der Waals surface area contributed by atoms with Crippen LogP contribution in [0.25, 0.3) is 0 Å². The summed E-state index contributed by atoms with van der Waals surface area (Å²) in [5, 5.41) is 0. The Morgan fingerprint density at radius 1 is 1.59 bits per heavy atom. The van der Waals surface area contributed by atoms with Crippen molar-refractivity contribution in [3.63, 3.8) is 0 Å². The van der Waals surface area contributed by atoms with E-state index < -0.39 is 21.7 Å². The molecule has 1 rings (SSSR count). The average Bonchev–Trinajstić information content (AvgIpc) is 2.15. The minimum absolute atomic E-state index is 0.142. The van der Waals surface area contributed by atoms with Gasteiger partial charge in [-0.2, -0.15) is 0 Å². The minimum atomic E-state index is -3.78. The number of carbonyl (C=O) groups is 1. The van der Waals surface area contributed by atoms with Gasteiger partial charge in [0.15, 0.2) is 5.75 Å². The third-order valence-electron chi connectivity index (χ3n) is 1.60. The lowest BCUT2D eigenvalue weighted by Gasteiger charge is -2.06. The van der Waals surface area contributed by atoms with Gasteiger partial charge in [0.25, 0.3) is 0 Å². The molecule has 6 nitrogen and oxygen atoms in total. The summed E-state index contributed by atoms with van der Waals surface area (Å²) in [5.41, 5.74) is 0. The minimum Gasteiger partial charge on any atom is -0.465 e. The molecule has 0 aliphatic heterocycles. The molecule has 0 saturated heterocycles. The molecule has 17 heavy (non-hydrogen) atoms. The highest BCUT2D eigenvalue weighted by Crippen LogP contribution is 2.13. The van der Waals surface area contributed by atoms with Gasteiger partial charge in [0.05, 0.1) is 6.61 Å². The summed E-state index contributed by atoms with van der Waals surface area (Å²) in [6, 6.07) is 3.14. The molecule has 8 heteroatoms. The highest BCUT2D eigenvalue weighted by molar-refractivity contribution is 9.10. The second kappa shape index (κ2) is 5.97.